The van der Waals surface area contributed by atoms with Gasteiger partial charge in [0, 0.05) is 32.0 Å². The predicted molar refractivity (Wildman–Crippen MR) is 82.4 cm³/mol. The zero-order chi connectivity index (χ0) is 16.3. The summed E-state index contributed by atoms with van der Waals surface area (Å²) in [6.07, 6.45) is 0.525. The number of hydrogen-bond acceptors (Lipinski definition) is 6. The minimum absolute atomic E-state index is 0.342. The molecule has 1 aromatic rings. The SMILES string of the molecule is COCc1nc(C)cc(N2CCCN2C(=O)OC(C)(C)C)n1. The third-order valence-electron chi connectivity index (χ3n) is 3.06. The molecule has 1 saturated heterocycles. The first-order chi connectivity index (χ1) is 10.3. The van der Waals surface area contributed by atoms with E-state index >= 15 is 0 Å². The number of carbonyl (C=O) groups is 1. The highest BCUT2D eigenvalue weighted by Gasteiger charge is 2.31. The average molecular weight is 308 g/mol. The number of ether oxygens (including phenoxy) is 2. The Bertz CT molecular complexity index is 542. The average Bonchev–Trinajstić information content (AvgIpc) is 2.85. The van der Waals surface area contributed by atoms with Crippen molar-refractivity contribution in [2.75, 3.05) is 25.2 Å². The van der Waals surface area contributed by atoms with Crippen LogP contribution in [0.1, 0.15) is 38.7 Å². The maximum Gasteiger partial charge on any atom is 0.429 e. The molecule has 2 heterocycles. The van der Waals surface area contributed by atoms with Crippen LogP contribution in [-0.4, -0.2) is 46.9 Å². The molecule has 22 heavy (non-hydrogen) atoms. The standard InChI is InChI=1S/C15H24N4O3/c1-11-9-13(17-12(16-11)10-21-5)18-7-6-8-19(18)14(20)22-15(2,3)4/h9H,6-8,10H2,1-5H3. The van der Waals surface area contributed by atoms with Crippen LogP contribution in [-0.2, 0) is 16.1 Å². The Balaban J connectivity index is 2.21. The van der Waals surface area contributed by atoms with Gasteiger partial charge in [-0.1, -0.05) is 0 Å². The number of aromatic nitrogens is 2. The van der Waals surface area contributed by atoms with Crippen LogP contribution in [0.5, 0.6) is 0 Å². The number of amides is 1. The van der Waals surface area contributed by atoms with E-state index in [1.807, 2.05) is 38.8 Å². The van der Waals surface area contributed by atoms with Crippen LogP contribution < -0.4 is 5.01 Å². The summed E-state index contributed by atoms with van der Waals surface area (Å²) in [5.41, 5.74) is 0.321. The molecule has 0 radical (unpaired) electrons. The molecule has 1 fully saturated rings. The third kappa shape index (κ3) is 4.07. The van der Waals surface area contributed by atoms with Gasteiger partial charge in [-0.3, -0.25) is 5.01 Å². The Labute approximate surface area is 131 Å². The molecular weight excluding hydrogens is 284 g/mol. The molecule has 0 spiro atoms. The van der Waals surface area contributed by atoms with Crippen LogP contribution in [0.25, 0.3) is 0 Å². The van der Waals surface area contributed by atoms with Gasteiger partial charge in [-0.05, 0) is 34.1 Å². The summed E-state index contributed by atoms with van der Waals surface area (Å²) in [4.78, 5) is 21.1. The van der Waals surface area contributed by atoms with E-state index < -0.39 is 5.60 Å². The quantitative estimate of drug-likeness (QED) is 0.853. The minimum atomic E-state index is -0.520. The maximum atomic E-state index is 12.3. The van der Waals surface area contributed by atoms with Gasteiger partial charge in [0.25, 0.3) is 0 Å². The molecule has 1 aromatic heterocycles. The van der Waals surface area contributed by atoms with E-state index in [0.29, 0.717) is 24.8 Å². The monoisotopic (exact) mass is 308 g/mol. The number of hydrogen-bond donors (Lipinski definition) is 0. The molecule has 0 bridgehead atoms. The van der Waals surface area contributed by atoms with Crippen molar-refractivity contribution in [1.82, 2.24) is 15.0 Å². The van der Waals surface area contributed by atoms with Gasteiger partial charge in [0.05, 0.1) is 0 Å². The molecule has 0 aromatic carbocycles. The molecule has 1 aliphatic rings. The van der Waals surface area contributed by atoms with Crippen LogP contribution in [0.3, 0.4) is 0 Å². The molecular formula is C15H24N4O3. The molecule has 1 amide bonds. The van der Waals surface area contributed by atoms with Gasteiger partial charge in [-0.25, -0.2) is 19.8 Å². The van der Waals surface area contributed by atoms with Crippen molar-refractivity contribution in [1.29, 1.82) is 0 Å². The second kappa shape index (κ2) is 6.48. The Hall–Kier alpha value is -1.89. The summed E-state index contributed by atoms with van der Waals surface area (Å²) in [6.45, 7) is 9.16. The highest BCUT2D eigenvalue weighted by Crippen LogP contribution is 2.23. The third-order valence-corrected chi connectivity index (χ3v) is 3.06. The van der Waals surface area contributed by atoms with Crippen molar-refractivity contribution in [3.63, 3.8) is 0 Å². The lowest BCUT2D eigenvalue weighted by molar-refractivity contribution is 0.0272. The van der Waals surface area contributed by atoms with E-state index in [4.69, 9.17) is 9.47 Å². The minimum Gasteiger partial charge on any atom is -0.442 e. The number of nitrogens with zero attached hydrogens (tertiary/aromatic N) is 4. The van der Waals surface area contributed by atoms with Crippen molar-refractivity contribution in [2.45, 2.75) is 46.3 Å². The number of methoxy groups -OCH3 is 1. The maximum absolute atomic E-state index is 12.3. The zero-order valence-corrected chi connectivity index (χ0v) is 13.9. The summed E-state index contributed by atoms with van der Waals surface area (Å²) < 4.78 is 10.6. The molecule has 2 rings (SSSR count). The van der Waals surface area contributed by atoms with E-state index in [1.54, 1.807) is 12.1 Å². The molecule has 0 atom stereocenters. The zero-order valence-electron chi connectivity index (χ0n) is 13.9. The van der Waals surface area contributed by atoms with E-state index in [0.717, 1.165) is 18.7 Å². The van der Waals surface area contributed by atoms with Gasteiger partial charge in [0.1, 0.15) is 12.2 Å². The Kier molecular flexibility index (Phi) is 4.85. The second-order valence-corrected chi connectivity index (χ2v) is 6.30. The summed E-state index contributed by atoms with van der Waals surface area (Å²) in [7, 11) is 1.61. The highest BCUT2D eigenvalue weighted by atomic mass is 16.6. The fourth-order valence-corrected chi connectivity index (χ4v) is 2.29. The van der Waals surface area contributed by atoms with Crippen LogP contribution in [0.4, 0.5) is 10.6 Å². The second-order valence-electron chi connectivity index (χ2n) is 6.30. The Morgan fingerprint density at radius 2 is 2.05 bits per heavy atom. The smallest absolute Gasteiger partial charge is 0.429 e. The molecule has 7 nitrogen and oxygen atoms in total. The Morgan fingerprint density at radius 1 is 1.32 bits per heavy atom. The fourth-order valence-electron chi connectivity index (χ4n) is 2.29. The predicted octanol–water partition coefficient (Wildman–Crippen LogP) is 2.29. The lowest BCUT2D eigenvalue weighted by Gasteiger charge is -2.31. The van der Waals surface area contributed by atoms with Gasteiger partial charge in [-0.15, -0.1) is 0 Å². The lowest BCUT2D eigenvalue weighted by Crippen LogP contribution is -2.44. The van der Waals surface area contributed by atoms with Gasteiger partial charge in [0.2, 0.25) is 0 Å². The largest absolute Gasteiger partial charge is 0.442 e. The summed E-state index contributed by atoms with van der Waals surface area (Å²) in [6, 6.07) is 1.86. The topological polar surface area (TPSA) is 67.8 Å². The van der Waals surface area contributed by atoms with Crippen LogP contribution in [0.15, 0.2) is 6.07 Å². The number of rotatable bonds is 3. The van der Waals surface area contributed by atoms with Gasteiger partial charge in [0.15, 0.2) is 11.6 Å². The molecule has 0 unspecified atom stereocenters. The number of hydrazine groups is 1. The van der Waals surface area contributed by atoms with E-state index in [2.05, 4.69) is 9.97 Å². The normalized spacial score (nSPS) is 15.3. The summed E-state index contributed by atoms with van der Waals surface area (Å²) >= 11 is 0. The van der Waals surface area contributed by atoms with Crippen molar-refractivity contribution in [3.8, 4) is 0 Å². The van der Waals surface area contributed by atoms with E-state index in [-0.39, 0.29) is 6.09 Å². The molecule has 7 heteroatoms. The van der Waals surface area contributed by atoms with Crippen molar-refractivity contribution in [2.24, 2.45) is 0 Å². The van der Waals surface area contributed by atoms with Crippen molar-refractivity contribution < 1.29 is 14.3 Å². The van der Waals surface area contributed by atoms with Gasteiger partial charge < -0.3 is 9.47 Å². The number of carbonyl (C=O) groups excluding carboxylic acids is 1. The molecule has 0 N–H and O–H groups in total. The first kappa shape index (κ1) is 16.5. The first-order valence-electron chi connectivity index (χ1n) is 7.41. The van der Waals surface area contributed by atoms with Crippen molar-refractivity contribution in [3.05, 3.63) is 17.6 Å². The lowest BCUT2D eigenvalue weighted by atomic mass is 10.2. The highest BCUT2D eigenvalue weighted by molar-refractivity contribution is 5.71. The first-order valence-corrected chi connectivity index (χ1v) is 7.41. The molecule has 0 aliphatic carbocycles. The molecule has 122 valence electrons. The molecule has 1 aliphatic heterocycles. The van der Waals surface area contributed by atoms with E-state index in [1.165, 1.54) is 0 Å². The van der Waals surface area contributed by atoms with Crippen LogP contribution in [0, 0.1) is 6.92 Å². The number of aryl methyl sites for hydroxylation is 1. The fraction of sp³-hybridized carbons (Fsp3) is 0.667. The molecule has 0 saturated carbocycles. The van der Waals surface area contributed by atoms with Gasteiger partial charge in [-0.2, -0.15) is 0 Å². The van der Waals surface area contributed by atoms with Crippen molar-refractivity contribution >= 4 is 11.9 Å². The summed E-state index contributed by atoms with van der Waals surface area (Å²) in [5.74, 6) is 1.30. The van der Waals surface area contributed by atoms with Crippen LogP contribution >= 0.6 is 0 Å². The number of anilines is 1. The Morgan fingerprint density at radius 3 is 2.68 bits per heavy atom. The van der Waals surface area contributed by atoms with E-state index in [9.17, 15) is 4.79 Å². The van der Waals surface area contributed by atoms with Crippen LogP contribution in [0.2, 0.25) is 0 Å². The summed E-state index contributed by atoms with van der Waals surface area (Å²) in [5, 5.41) is 3.45. The van der Waals surface area contributed by atoms with Gasteiger partial charge >= 0.3 is 6.09 Å².